The van der Waals surface area contributed by atoms with Crippen LogP contribution in [0.4, 0.5) is 0 Å². The van der Waals surface area contributed by atoms with Crippen molar-refractivity contribution in [2.75, 3.05) is 13.1 Å². The monoisotopic (exact) mass is 223 g/mol. The molecular weight excluding hydrogens is 202 g/mol. The van der Waals surface area contributed by atoms with Crippen LogP contribution in [0.25, 0.3) is 0 Å². The van der Waals surface area contributed by atoms with Crippen LogP contribution < -0.4 is 0 Å². The highest BCUT2D eigenvalue weighted by molar-refractivity contribution is 4.96. The molecule has 1 aromatic rings. The lowest BCUT2D eigenvalue weighted by atomic mass is 9.97. The standard InChI is InChI=1S/C12H21N3O/c1-12(2,3)11-14-13-10(16-11)9-15-7-5-4-6-8-15/h4-9H2,1-3H3. The molecule has 90 valence electrons. The Balaban J connectivity index is 1.97. The minimum absolute atomic E-state index is 0.0485. The van der Waals surface area contributed by atoms with Crippen LogP contribution in [0.5, 0.6) is 0 Å². The van der Waals surface area contributed by atoms with Crippen LogP contribution in [-0.2, 0) is 12.0 Å². The van der Waals surface area contributed by atoms with Gasteiger partial charge in [0.15, 0.2) is 0 Å². The average Bonchev–Trinajstić information content (AvgIpc) is 2.67. The fourth-order valence-corrected chi connectivity index (χ4v) is 1.93. The summed E-state index contributed by atoms with van der Waals surface area (Å²) in [6, 6.07) is 0. The maximum absolute atomic E-state index is 5.69. The number of piperidine rings is 1. The SMILES string of the molecule is CC(C)(C)c1nnc(CN2CCCCC2)o1. The van der Waals surface area contributed by atoms with Crippen LogP contribution in [0.1, 0.15) is 51.8 Å². The van der Waals surface area contributed by atoms with E-state index in [1.165, 1.54) is 19.3 Å². The third kappa shape index (κ3) is 2.82. The second kappa shape index (κ2) is 4.53. The third-order valence-corrected chi connectivity index (χ3v) is 2.92. The Morgan fingerprint density at radius 2 is 1.81 bits per heavy atom. The lowest BCUT2D eigenvalue weighted by Gasteiger charge is -2.24. The summed E-state index contributed by atoms with van der Waals surface area (Å²) in [5.41, 5.74) is -0.0485. The molecule has 0 radical (unpaired) electrons. The first-order valence-corrected chi connectivity index (χ1v) is 6.11. The van der Waals surface area contributed by atoms with Gasteiger partial charge in [0.1, 0.15) is 0 Å². The second-order valence-electron chi connectivity index (χ2n) is 5.59. The molecule has 4 heteroatoms. The lowest BCUT2D eigenvalue weighted by molar-refractivity contribution is 0.197. The van der Waals surface area contributed by atoms with E-state index < -0.39 is 0 Å². The zero-order valence-electron chi connectivity index (χ0n) is 10.5. The molecule has 1 saturated heterocycles. The van der Waals surface area contributed by atoms with Gasteiger partial charge < -0.3 is 4.42 Å². The van der Waals surface area contributed by atoms with Crippen molar-refractivity contribution in [2.24, 2.45) is 0 Å². The van der Waals surface area contributed by atoms with Crippen molar-refractivity contribution in [3.05, 3.63) is 11.8 Å². The van der Waals surface area contributed by atoms with Gasteiger partial charge in [-0.15, -0.1) is 10.2 Å². The number of hydrogen-bond acceptors (Lipinski definition) is 4. The van der Waals surface area contributed by atoms with Crippen LogP contribution in [0.3, 0.4) is 0 Å². The molecule has 4 nitrogen and oxygen atoms in total. The zero-order chi connectivity index (χ0) is 11.6. The van der Waals surface area contributed by atoms with Crippen molar-refractivity contribution in [1.29, 1.82) is 0 Å². The number of rotatable bonds is 2. The lowest BCUT2D eigenvalue weighted by Crippen LogP contribution is -2.29. The number of nitrogens with zero attached hydrogens (tertiary/aromatic N) is 3. The summed E-state index contributed by atoms with van der Waals surface area (Å²) in [5.74, 6) is 1.49. The first-order chi connectivity index (χ1) is 7.55. The minimum Gasteiger partial charge on any atom is -0.423 e. The highest BCUT2D eigenvalue weighted by Gasteiger charge is 2.22. The Morgan fingerprint density at radius 1 is 1.12 bits per heavy atom. The van der Waals surface area contributed by atoms with E-state index >= 15 is 0 Å². The predicted molar refractivity (Wildman–Crippen MR) is 62.1 cm³/mol. The first kappa shape index (κ1) is 11.6. The summed E-state index contributed by atoms with van der Waals surface area (Å²) < 4.78 is 5.69. The van der Waals surface area contributed by atoms with Gasteiger partial charge in [0.25, 0.3) is 0 Å². The van der Waals surface area contributed by atoms with Crippen molar-refractivity contribution in [3.63, 3.8) is 0 Å². The summed E-state index contributed by atoms with van der Waals surface area (Å²) in [6.45, 7) is 9.39. The first-order valence-electron chi connectivity index (χ1n) is 6.11. The molecule has 0 aromatic carbocycles. The van der Waals surface area contributed by atoms with Crippen molar-refractivity contribution < 1.29 is 4.42 Å². The third-order valence-electron chi connectivity index (χ3n) is 2.92. The van der Waals surface area contributed by atoms with Crippen LogP contribution in [0, 0.1) is 0 Å². The largest absolute Gasteiger partial charge is 0.423 e. The van der Waals surface area contributed by atoms with Crippen LogP contribution in [-0.4, -0.2) is 28.2 Å². The van der Waals surface area contributed by atoms with E-state index in [-0.39, 0.29) is 5.41 Å². The van der Waals surface area contributed by atoms with Gasteiger partial charge in [0, 0.05) is 5.41 Å². The maximum Gasteiger partial charge on any atom is 0.230 e. The summed E-state index contributed by atoms with van der Waals surface area (Å²) in [7, 11) is 0. The van der Waals surface area contributed by atoms with Gasteiger partial charge in [0.2, 0.25) is 11.8 Å². The Morgan fingerprint density at radius 3 is 2.38 bits per heavy atom. The predicted octanol–water partition coefficient (Wildman–Crippen LogP) is 2.35. The Labute approximate surface area is 97.0 Å². The van der Waals surface area contributed by atoms with Gasteiger partial charge in [-0.25, -0.2) is 0 Å². The van der Waals surface area contributed by atoms with Gasteiger partial charge in [-0.05, 0) is 25.9 Å². The van der Waals surface area contributed by atoms with Crippen LogP contribution in [0.15, 0.2) is 4.42 Å². The van der Waals surface area contributed by atoms with Crippen molar-refractivity contribution in [3.8, 4) is 0 Å². The van der Waals surface area contributed by atoms with Crippen LogP contribution >= 0.6 is 0 Å². The molecule has 2 heterocycles. The van der Waals surface area contributed by atoms with Gasteiger partial charge in [-0.3, -0.25) is 4.90 Å². The Hall–Kier alpha value is -0.900. The Kier molecular flexibility index (Phi) is 3.28. The molecule has 0 saturated carbocycles. The van der Waals surface area contributed by atoms with Gasteiger partial charge >= 0.3 is 0 Å². The smallest absolute Gasteiger partial charge is 0.230 e. The molecule has 1 aliphatic heterocycles. The molecular formula is C12H21N3O. The molecule has 0 spiro atoms. The number of aromatic nitrogens is 2. The van der Waals surface area contributed by atoms with Gasteiger partial charge in [-0.2, -0.15) is 0 Å². The molecule has 0 amide bonds. The van der Waals surface area contributed by atoms with Crippen molar-refractivity contribution in [1.82, 2.24) is 15.1 Å². The quantitative estimate of drug-likeness (QED) is 0.772. The van der Waals surface area contributed by atoms with E-state index in [2.05, 4.69) is 35.9 Å². The van der Waals surface area contributed by atoms with Crippen LogP contribution in [0.2, 0.25) is 0 Å². The molecule has 0 N–H and O–H groups in total. The summed E-state index contributed by atoms with van der Waals surface area (Å²) in [4.78, 5) is 2.39. The molecule has 1 aliphatic rings. The molecule has 1 fully saturated rings. The summed E-state index contributed by atoms with van der Waals surface area (Å²) in [5, 5.41) is 8.23. The highest BCUT2D eigenvalue weighted by atomic mass is 16.4. The van der Waals surface area contributed by atoms with E-state index in [1.807, 2.05) is 0 Å². The van der Waals surface area contributed by atoms with Gasteiger partial charge in [0.05, 0.1) is 6.54 Å². The Bertz CT molecular complexity index is 334. The topological polar surface area (TPSA) is 42.2 Å². The fourth-order valence-electron chi connectivity index (χ4n) is 1.93. The summed E-state index contributed by atoms with van der Waals surface area (Å²) >= 11 is 0. The molecule has 2 rings (SSSR count). The maximum atomic E-state index is 5.69. The number of likely N-dealkylation sites (tertiary alicyclic amines) is 1. The van der Waals surface area contributed by atoms with Crippen molar-refractivity contribution >= 4 is 0 Å². The normalized spacial score (nSPS) is 18.9. The highest BCUT2D eigenvalue weighted by Crippen LogP contribution is 2.21. The molecule has 0 aliphatic carbocycles. The number of hydrogen-bond donors (Lipinski definition) is 0. The van der Waals surface area contributed by atoms with Crippen molar-refractivity contribution in [2.45, 2.75) is 52.0 Å². The summed E-state index contributed by atoms with van der Waals surface area (Å²) in [6.07, 6.45) is 3.94. The molecule has 0 unspecified atom stereocenters. The molecule has 0 atom stereocenters. The average molecular weight is 223 g/mol. The van der Waals surface area contributed by atoms with E-state index in [1.54, 1.807) is 0 Å². The van der Waals surface area contributed by atoms with E-state index in [9.17, 15) is 0 Å². The molecule has 0 bridgehead atoms. The fraction of sp³-hybridized carbons (Fsp3) is 0.833. The van der Waals surface area contributed by atoms with E-state index in [4.69, 9.17) is 4.42 Å². The molecule has 1 aromatic heterocycles. The minimum atomic E-state index is -0.0485. The van der Waals surface area contributed by atoms with Gasteiger partial charge in [-0.1, -0.05) is 27.2 Å². The van der Waals surface area contributed by atoms with E-state index in [0.29, 0.717) is 0 Å². The second-order valence-corrected chi connectivity index (χ2v) is 5.59. The van der Waals surface area contributed by atoms with E-state index in [0.717, 1.165) is 31.4 Å². The zero-order valence-corrected chi connectivity index (χ0v) is 10.5. The molecule has 16 heavy (non-hydrogen) atoms.